The Labute approximate surface area is 231 Å². The number of methoxy groups -OCH3 is 3. The van der Waals surface area contributed by atoms with Crippen LogP contribution in [-0.2, 0) is 15.1 Å². The molecule has 0 saturated heterocycles. The molecule has 0 fully saturated rings. The highest BCUT2D eigenvalue weighted by molar-refractivity contribution is 6.08. The normalized spacial score (nSPS) is 17.1. The Balaban J connectivity index is 1.73. The number of ketones is 1. The summed E-state index contributed by atoms with van der Waals surface area (Å²) in [5.41, 5.74) is 4.62. The van der Waals surface area contributed by atoms with E-state index in [0.717, 1.165) is 56.0 Å². The fourth-order valence-electron chi connectivity index (χ4n) is 6.12. The van der Waals surface area contributed by atoms with Gasteiger partial charge in [0.2, 0.25) is 5.78 Å². The van der Waals surface area contributed by atoms with Crippen molar-refractivity contribution >= 4 is 16.6 Å². The summed E-state index contributed by atoms with van der Waals surface area (Å²) in [5.74, 6) is 2.27. The molecule has 2 aliphatic rings. The van der Waals surface area contributed by atoms with Crippen LogP contribution in [0.25, 0.3) is 44.7 Å². The van der Waals surface area contributed by atoms with Crippen molar-refractivity contribution in [2.45, 2.75) is 5.54 Å². The highest BCUT2D eigenvalue weighted by Crippen LogP contribution is 2.55. The number of aromatic nitrogens is 2. The Kier molecular flexibility index (Phi) is 5.39. The van der Waals surface area contributed by atoms with E-state index in [2.05, 4.69) is 34.9 Å². The second-order valence-corrected chi connectivity index (χ2v) is 9.82. The van der Waals surface area contributed by atoms with Gasteiger partial charge in [0, 0.05) is 33.0 Å². The van der Waals surface area contributed by atoms with Gasteiger partial charge in [-0.05, 0) is 42.5 Å². The number of imidazole rings is 1. The zero-order chi connectivity index (χ0) is 27.4. The number of rotatable bonds is 5. The molecule has 1 spiro atoms. The van der Waals surface area contributed by atoms with E-state index >= 15 is 0 Å². The van der Waals surface area contributed by atoms with Crippen molar-refractivity contribution in [3.05, 3.63) is 114 Å². The largest absolute Gasteiger partial charge is 0.496 e. The molecule has 1 aliphatic carbocycles. The second-order valence-electron chi connectivity index (χ2n) is 9.82. The minimum absolute atomic E-state index is 0.193. The van der Waals surface area contributed by atoms with Gasteiger partial charge >= 0.3 is 0 Å². The number of carbonyl (C=O) groups is 1. The van der Waals surface area contributed by atoms with E-state index in [9.17, 15) is 4.79 Å². The molecule has 40 heavy (non-hydrogen) atoms. The number of allylic oxidation sites excluding steroid dienone is 3. The van der Waals surface area contributed by atoms with Gasteiger partial charge in [-0.25, -0.2) is 4.98 Å². The lowest BCUT2D eigenvalue weighted by Crippen LogP contribution is -2.38. The Morgan fingerprint density at radius 3 is 2.10 bits per heavy atom. The van der Waals surface area contributed by atoms with Gasteiger partial charge in [0.15, 0.2) is 5.76 Å². The molecule has 0 saturated carbocycles. The third kappa shape index (κ3) is 3.22. The van der Waals surface area contributed by atoms with Crippen molar-refractivity contribution in [1.82, 2.24) is 9.55 Å². The topological polar surface area (TPSA) is 62.6 Å². The number of fused-ring (bicyclic) bond motifs is 4. The molecule has 1 atom stereocenters. The van der Waals surface area contributed by atoms with Crippen molar-refractivity contribution in [2.24, 2.45) is 0 Å². The van der Waals surface area contributed by atoms with Gasteiger partial charge in [-0.3, -0.25) is 4.79 Å². The van der Waals surface area contributed by atoms with Crippen LogP contribution in [-0.4, -0.2) is 36.7 Å². The molecule has 2 heterocycles. The zero-order valence-corrected chi connectivity index (χ0v) is 22.3. The van der Waals surface area contributed by atoms with Crippen LogP contribution in [0.1, 0.15) is 5.56 Å². The van der Waals surface area contributed by atoms with Crippen molar-refractivity contribution in [3.63, 3.8) is 0 Å². The van der Waals surface area contributed by atoms with Crippen molar-refractivity contribution in [3.8, 4) is 45.4 Å². The summed E-state index contributed by atoms with van der Waals surface area (Å²) in [7, 11) is 4.86. The van der Waals surface area contributed by atoms with Gasteiger partial charge in [0.05, 0.1) is 32.7 Å². The predicted molar refractivity (Wildman–Crippen MR) is 155 cm³/mol. The summed E-state index contributed by atoms with van der Waals surface area (Å²) in [5, 5.41) is 1.89. The Bertz CT molecular complexity index is 1870. The molecule has 7 rings (SSSR count). The van der Waals surface area contributed by atoms with Crippen molar-refractivity contribution in [2.75, 3.05) is 21.3 Å². The van der Waals surface area contributed by atoms with E-state index in [1.54, 1.807) is 20.3 Å². The molecule has 0 N–H and O–H groups in total. The molecule has 1 aromatic heterocycles. The van der Waals surface area contributed by atoms with Crippen LogP contribution in [0.3, 0.4) is 0 Å². The fraction of sp³-hybridized carbons (Fsp3) is 0.118. The summed E-state index contributed by atoms with van der Waals surface area (Å²) in [6.45, 7) is 0. The Morgan fingerprint density at radius 1 is 0.750 bits per heavy atom. The van der Waals surface area contributed by atoms with Gasteiger partial charge in [0.1, 0.15) is 22.9 Å². The molecular weight excluding hydrogens is 500 g/mol. The maximum absolute atomic E-state index is 12.9. The van der Waals surface area contributed by atoms with E-state index in [0.29, 0.717) is 5.75 Å². The van der Waals surface area contributed by atoms with E-state index in [1.807, 2.05) is 66.7 Å². The monoisotopic (exact) mass is 526 g/mol. The number of nitrogens with zero attached hydrogens (tertiary/aromatic N) is 2. The number of hydrogen-bond acceptors (Lipinski definition) is 5. The Morgan fingerprint density at radius 2 is 1.43 bits per heavy atom. The SMILES string of the molecule is COC1=CC2(C=CC1=O)c1c(OC)ccc3c(OC)ccc(c13)-c1nc(-c3ccccc3)c(-c3ccccc3)n12. The van der Waals surface area contributed by atoms with E-state index in [-0.39, 0.29) is 11.5 Å². The summed E-state index contributed by atoms with van der Waals surface area (Å²) in [4.78, 5) is 18.3. The standard InChI is InChI=1S/C34H26N2O4/c1-38-26-16-15-24-29-23(26)14-17-27(39-2)30(29)34(19-18-25(37)28(20-34)40-3)36-32(22-12-8-5-9-13-22)31(35-33(24)36)21-10-6-4-7-11-21/h4-20H,1-3H3. The molecule has 6 nitrogen and oxygen atoms in total. The highest BCUT2D eigenvalue weighted by atomic mass is 16.5. The predicted octanol–water partition coefficient (Wildman–Crippen LogP) is 6.78. The lowest BCUT2D eigenvalue weighted by molar-refractivity contribution is -0.114. The van der Waals surface area contributed by atoms with Crippen LogP contribution in [0.4, 0.5) is 0 Å². The van der Waals surface area contributed by atoms with Gasteiger partial charge in [-0.2, -0.15) is 0 Å². The maximum atomic E-state index is 12.9. The first-order valence-corrected chi connectivity index (χ1v) is 13.0. The molecule has 1 unspecified atom stereocenters. The smallest absolute Gasteiger partial charge is 0.219 e. The van der Waals surface area contributed by atoms with Crippen LogP contribution >= 0.6 is 0 Å². The molecule has 0 amide bonds. The molecule has 0 radical (unpaired) electrons. The van der Waals surface area contributed by atoms with Crippen LogP contribution < -0.4 is 9.47 Å². The van der Waals surface area contributed by atoms with E-state index in [1.165, 1.54) is 7.11 Å². The molecular formula is C34H26N2O4. The first kappa shape index (κ1) is 24.0. The third-order valence-corrected chi connectivity index (χ3v) is 7.83. The van der Waals surface area contributed by atoms with Gasteiger partial charge in [-0.15, -0.1) is 0 Å². The average Bonchev–Trinajstić information content (AvgIpc) is 3.43. The zero-order valence-electron chi connectivity index (χ0n) is 22.3. The molecule has 0 bridgehead atoms. The highest BCUT2D eigenvalue weighted by Gasteiger charge is 2.46. The number of carbonyl (C=O) groups excluding carboxylic acids is 1. The number of hydrogen-bond donors (Lipinski definition) is 0. The summed E-state index contributed by atoms with van der Waals surface area (Å²) >= 11 is 0. The minimum Gasteiger partial charge on any atom is -0.496 e. The lowest BCUT2D eigenvalue weighted by Gasteiger charge is -2.40. The molecule has 1 aliphatic heterocycles. The maximum Gasteiger partial charge on any atom is 0.219 e. The molecule has 6 heteroatoms. The first-order valence-electron chi connectivity index (χ1n) is 13.0. The minimum atomic E-state index is -0.982. The van der Waals surface area contributed by atoms with Crippen LogP contribution in [0.5, 0.6) is 11.5 Å². The van der Waals surface area contributed by atoms with Gasteiger partial charge in [0.25, 0.3) is 0 Å². The lowest BCUT2D eigenvalue weighted by atomic mass is 9.77. The average molecular weight is 527 g/mol. The van der Waals surface area contributed by atoms with Crippen LogP contribution in [0.2, 0.25) is 0 Å². The second kappa shape index (κ2) is 8.99. The van der Waals surface area contributed by atoms with Crippen molar-refractivity contribution < 1.29 is 19.0 Å². The first-order chi connectivity index (χ1) is 19.6. The molecule has 5 aromatic rings. The summed E-state index contributed by atoms with van der Waals surface area (Å²) in [6.07, 6.45) is 5.41. The third-order valence-electron chi connectivity index (χ3n) is 7.83. The van der Waals surface area contributed by atoms with E-state index in [4.69, 9.17) is 19.2 Å². The van der Waals surface area contributed by atoms with Crippen LogP contribution in [0, 0.1) is 0 Å². The van der Waals surface area contributed by atoms with Crippen molar-refractivity contribution in [1.29, 1.82) is 0 Å². The number of ether oxygens (including phenoxy) is 3. The van der Waals surface area contributed by atoms with Crippen LogP contribution in [0.15, 0.2) is 109 Å². The molecule has 196 valence electrons. The Hall–Kier alpha value is -5.10. The summed E-state index contributed by atoms with van der Waals surface area (Å²) in [6, 6.07) is 28.4. The quantitative estimate of drug-likeness (QED) is 0.253. The van der Waals surface area contributed by atoms with Gasteiger partial charge < -0.3 is 18.8 Å². The van der Waals surface area contributed by atoms with E-state index < -0.39 is 5.54 Å². The van der Waals surface area contributed by atoms with Gasteiger partial charge in [-0.1, -0.05) is 60.7 Å². The number of benzene rings is 4. The fourth-order valence-corrected chi connectivity index (χ4v) is 6.12. The molecule has 4 aromatic carbocycles. The summed E-state index contributed by atoms with van der Waals surface area (Å²) < 4.78 is 19.7.